The highest BCUT2D eigenvalue weighted by Crippen LogP contribution is 2.53. The predicted molar refractivity (Wildman–Crippen MR) is 106 cm³/mol. The van der Waals surface area contributed by atoms with Crippen LogP contribution >= 0.6 is 0 Å². The molecule has 1 aromatic rings. The summed E-state index contributed by atoms with van der Waals surface area (Å²) < 4.78 is 5.70. The number of nitrogens with zero attached hydrogens (tertiary/aromatic N) is 1. The largest absolute Gasteiger partial charge is 0.492 e. The van der Waals surface area contributed by atoms with Crippen LogP contribution in [0.2, 0.25) is 0 Å². The molecule has 5 nitrogen and oxygen atoms in total. The van der Waals surface area contributed by atoms with E-state index in [4.69, 9.17) is 4.74 Å². The van der Waals surface area contributed by atoms with Gasteiger partial charge in [0.1, 0.15) is 12.4 Å². The molecule has 5 aliphatic rings. The van der Waals surface area contributed by atoms with Crippen LogP contribution in [0, 0.1) is 29.6 Å². The Kier molecular flexibility index (Phi) is 4.77. The summed E-state index contributed by atoms with van der Waals surface area (Å²) in [6.45, 7) is 1.52. The van der Waals surface area contributed by atoms with Gasteiger partial charge in [0.2, 0.25) is 11.8 Å². The summed E-state index contributed by atoms with van der Waals surface area (Å²) in [4.78, 5) is 27.0. The van der Waals surface area contributed by atoms with E-state index in [1.807, 2.05) is 30.3 Å². The minimum absolute atomic E-state index is 0.0712. The van der Waals surface area contributed by atoms with Crippen LogP contribution in [0.25, 0.3) is 0 Å². The second-order valence-corrected chi connectivity index (χ2v) is 9.37. The number of hydrogen-bond acceptors (Lipinski definition) is 3. The summed E-state index contributed by atoms with van der Waals surface area (Å²) in [7, 11) is 0. The van der Waals surface area contributed by atoms with Gasteiger partial charge in [0.05, 0.1) is 12.5 Å². The number of carbonyl (C=O) groups excluding carboxylic acids is 2. The van der Waals surface area contributed by atoms with Crippen LogP contribution in [-0.2, 0) is 9.59 Å². The van der Waals surface area contributed by atoms with Crippen LogP contribution in [0.3, 0.4) is 0 Å². The Labute approximate surface area is 166 Å². The summed E-state index contributed by atoms with van der Waals surface area (Å²) in [5.74, 6) is 3.93. The van der Waals surface area contributed by atoms with Crippen molar-refractivity contribution in [3.05, 3.63) is 30.3 Å². The Hall–Kier alpha value is -2.04. The lowest BCUT2D eigenvalue weighted by Gasteiger charge is -2.54. The lowest BCUT2D eigenvalue weighted by molar-refractivity contribution is -0.130. The Morgan fingerprint density at radius 3 is 2.39 bits per heavy atom. The first kappa shape index (κ1) is 18.0. The van der Waals surface area contributed by atoms with E-state index in [1.165, 1.54) is 32.1 Å². The summed E-state index contributed by atoms with van der Waals surface area (Å²) in [6.07, 6.45) is 6.94. The third-order valence-corrected chi connectivity index (χ3v) is 7.49. The molecule has 1 aliphatic heterocycles. The average molecular weight is 383 g/mol. The number of ether oxygens (including phenoxy) is 1. The maximum atomic E-state index is 12.9. The molecule has 0 radical (unpaired) electrons. The van der Waals surface area contributed by atoms with Crippen molar-refractivity contribution in [3.8, 4) is 5.75 Å². The molecule has 0 spiro atoms. The third kappa shape index (κ3) is 3.51. The minimum Gasteiger partial charge on any atom is -0.492 e. The average Bonchev–Trinajstić information content (AvgIpc) is 3.06. The molecule has 1 N–H and O–H groups in total. The molecule has 4 bridgehead atoms. The second-order valence-electron chi connectivity index (χ2n) is 9.37. The summed E-state index contributed by atoms with van der Waals surface area (Å²) in [5, 5.41) is 3.38. The molecular formula is C23H30N2O3. The lowest BCUT2D eigenvalue weighted by atomic mass is 9.54. The van der Waals surface area contributed by atoms with Crippen molar-refractivity contribution in [3.63, 3.8) is 0 Å². The summed E-state index contributed by atoms with van der Waals surface area (Å²) >= 11 is 0. The third-order valence-electron chi connectivity index (χ3n) is 7.49. The quantitative estimate of drug-likeness (QED) is 0.823. The molecule has 0 unspecified atom stereocenters. The van der Waals surface area contributed by atoms with E-state index in [-0.39, 0.29) is 17.7 Å². The monoisotopic (exact) mass is 382 g/mol. The number of rotatable bonds is 6. The molecule has 2 amide bonds. The van der Waals surface area contributed by atoms with Crippen molar-refractivity contribution in [1.82, 2.24) is 10.2 Å². The number of amides is 2. The van der Waals surface area contributed by atoms with Crippen molar-refractivity contribution >= 4 is 11.8 Å². The van der Waals surface area contributed by atoms with Gasteiger partial charge in [-0.2, -0.15) is 0 Å². The predicted octanol–water partition coefficient (Wildman–Crippen LogP) is 2.85. The molecule has 1 aromatic carbocycles. The fourth-order valence-corrected chi connectivity index (χ4v) is 6.40. The van der Waals surface area contributed by atoms with Crippen LogP contribution in [0.4, 0.5) is 0 Å². The first-order chi connectivity index (χ1) is 13.7. The van der Waals surface area contributed by atoms with E-state index in [1.54, 1.807) is 4.90 Å². The molecule has 6 rings (SSSR count). The van der Waals surface area contributed by atoms with Gasteiger partial charge < -0.3 is 15.0 Å². The molecule has 4 aliphatic carbocycles. The van der Waals surface area contributed by atoms with Crippen molar-refractivity contribution in [2.45, 2.75) is 44.6 Å². The zero-order valence-electron chi connectivity index (χ0n) is 16.4. The van der Waals surface area contributed by atoms with Gasteiger partial charge in [-0.1, -0.05) is 18.2 Å². The van der Waals surface area contributed by atoms with Crippen LogP contribution in [0.5, 0.6) is 5.75 Å². The Balaban J connectivity index is 1.12. The minimum atomic E-state index is -0.207. The number of carbonyl (C=O) groups is 2. The maximum Gasteiger partial charge on any atom is 0.225 e. The number of likely N-dealkylation sites (tertiary alicyclic amines) is 1. The van der Waals surface area contributed by atoms with E-state index >= 15 is 0 Å². The van der Waals surface area contributed by atoms with Gasteiger partial charge in [-0.3, -0.25) is 9.59 Å². The molecular weight excluding hydrogens is 352 g/mol. The maximum absolute atomic E-state index is 12.9. The van der Waals surface area contributed by atoms with Crippen molar-refractivity contribution in [2.24, 2.45) is 29.6 Å². The summed E-state index contributed by atoms with van der Waals surface area (Å²) in [5.41, 5.74) is 0. The van der Waals surface area contributed by atoms with Gasteiger partial charge in [-0.15, -0.1) is 0 Å². The van der Waals surface area contributed by atoms with Crippen LogP contribution in [0.15, 0.2) is 30.3 Å². The van der Waals surface area contributed by atoms with Crippen molar-refractivity contribution < 1.29 is 14.3 Å². The highest BCUT2D eigenvalue weighted by atomic mass is 16.5. The van der Waals surface area contributed by atoms with E-state index in [0.717, 1.165) is 17.6 Å². The zero-order valence-corrected chi connectivity index (χ0v) is 16.4. The Morgan fingerprint density at radius 1 is 1.04 bits per heavy atom. The smallest absolute Gasteiger partial charge is 0.225 e. The van der Waals surface area contributed by atoms with E-state index < -0.39 is 0 Å². The molecule has 28 heavy (non-hydrogen) atoms. The standard InChI is InChI=1S/C23H30N2O3/c26-21-13-19(14-25(21)6-7-28-20-4-2-1-3-5-20)23(27)24-22-17-9-15-8-16(11-17)12-18(22)10-15/h1-5,15-19,22H,6-14H2,(H,24,27)/t15?,16?,17?,18?,19-,22?/m0/s1. The van der Waals surface area contributed by atoms with Gasteiger partial charge >= 0.3 is 0 Å². The van der Waals surface area contributed by atoms with E-state index in [0.29, 0.717) is 44.0 Å². The van der Waals surface area contributed by atoms with E-state index in [9.17, 15) is 9.59 Å². The highest BCUT2D eigenvalue weighted by Gasteiger charge is 2.49. The van der Waals surface area contributed by atoms with Gasteiger partial charge in [0, 0.05) is 19.0 Å². The number of hydrogen-bond donors (Lipinski definition) is 1. The molecule has 5 heteroatoms. The molecule has 1 heterocycles. The van der Waals surface area contributed by atoms with Gasteiger partial charge in [-0.25, -0.2) is 0 Å². The fourth-order valence-electron chi connectivity index (χ4n) is 6.40. The van der Waals surface area contributed by atoms with Crippen molar-refractivity contribution in [2.75, 3.05) is 19.7 Å². The molecule has 5 fully saturated rings. The molecule has 1 atom stereocenters. The summed E-state index contributed by atoms with van der Waals surface area (Å²) in [6, 6.07) is 9.98. The Bertz CT molecular complexity index is 707. The SMILES string of the molecule is O=C(NC1C2CC3CC(C2)CC1C3)[C@H]1CC(=O)N(CCOc2ccccc2)C1. The number of nitrogens with one attached hydrogen (secondary N) is 1. The van der Waals surface area contributed by atoms with Crippen LogP contribution in [0.1, 0.15) is 38.5 Å². The van der Waals surface area contributed by atoms with Crippen LogP contribution < -0.4 is 10.1 Å². The first-order valence-corrected chi connectivity index (χ1v) is 10.9. The molecule has 1 saturated heterocycles. The van der Waals surface area contributed by atoms with Crippen LogP contribution in [-0.4, -0.2) is 42.5 Å². The van der Waals surface area contributed by atoms with Gasteiger partial charge in [0.25, 0.3) is 0 Å². The first-order valence-electron chi connectivity index (χ1n) is 10.9. The number of para-hydroxylation sites is 1. The second kappa shape index (κ2) is 7.41. The van der Waals surface area contributed by atoms with Gasteiger partial charge in [0.15, 0.2) is 0 Å². The molecule has 0 aromatic heterocycles. The van der Waals surface area contributed by atoms with Crippen molar-refractivity contribution in [1.29, 1.82) is 0 Å². The normalized spacial score (nSPS) is 36.0. The molecule has 150 valence electrons. The van der Waals surface area contributed by atoms with Gasteiger partial charge in [-0.05, 0) is 67.9 Å². The Morgan fingerprint density at radius 2 is 1.71 bits per heavy atom. The number of benzene rings is 1. The fraction of sp³-hybridized carbons (Fsp3) is 0.652. The topological polar surface area (TPSA) is 58.6 Å². The lowest BCUT2D eigenvalue weighted by Crippen LogP contribution is -2.56. The molecule has 4 saturated carbocycles. The zero-order chi connectivity index (χ0) is 19.1. The highest BCUT2D eigenvalue weighted by molar-refractivity contribution is 5.89. The van der Waals surface area contributed by atoms with E-state index in [2.05, 4.69) is 5.32 Å².